The minimum atomic E-state index is -3.79. The molecule has 0 saturated heterocycles. The molecular weight excluding hydrogens is 498 g/mol. The van der Waals surface area contributed by atoms with Crippen LogP contribution in [0.1, 0.15) is 55.7 Å². The Morgan fingerprint density at radius 2 is 1.72 bits per heavy atom. The number of hydrogen-bond acceptors (Lipinski definition) is 4. The molecule has 1 N–H and O–H groups in total. The summed E-state index contributed by atoms with van der Waals surface area (Å²) >= 11 is 6.07. The van der Waals surface area contributed by atoms with Crippen molar-refractivity contribution in [3.05, 3.63) is 64.2 Å². The number of amides is 2. The van der Waals surface area contributed by atoms with Crippen LogP contribution in [0, 0.1) is 13.8 Å². The van der Waals surface area contributed by atoms with Crippen LogP contribution in [-0.4, -0.2) is 50.0 Å². The van der Waals surface area contributed by atoms with E-state index in [9.17, 15) is 18.0 Å². The molecule has 196 valence electrons. The Balaban J connectivity index is 1.90. The molecule has 1 saturated carbocycles. The van der Waals surface area contributed by atoms with E-state index in [1.807, 2.05) is 31.2 Å². The van der Waals surface area contributed by atoms with Gasteiger partial charge in [-0.05, 0) is 68.5 Å². The van der Waals surface area contributed by atoms with E-state index in [0.29, 0.717) is 16.3 Å². The van der Waals surface area contributed by atoms with Crippen molar-refractivity contribution in [3.63, 3.8) is 0 Å². The van der Waals surface area contributed by atoms with Crippen molar-refractivity contribution in [2.45, 2.75) is 71.5 Å². The molecule has 1 atom stereocenters. The molecule has 2 amide bonds. The second kappa shape index (κ2) is 12.1. The van der Waals surface area contributed by atoms with Crippen molar-refractivity contribution in [2.24, 2.45) is 0 Å². The summed E-state index contributed by atoms with van der Waals surface area (Å²) in [7, 11) is -3.79. The van der Waals surface area contributed by atoms with Crippen molar-refractivity contribution in [2.75, 3.05) is 17.1 Å². The third kappa shape index (κ3) is 7.23. The molecule has 0 radical (unpaired) electrons. The van der Waals surface area contributed by atoms with E-state index in [2.05, 4.69) is 5.32 Å². The third-order valence-corrected chi connectivity index (χ3v) is 8.19. The molecule has 1 aliphatic carbocycles. The molecule has 0 bridgehead atoms. The van der Waals surface area contributed by atoms with Crippen LogP contribution in [0.15, 0.2) is 42.5 Å². The first kappa shape index (κ1) is 28.0. The number of aryl methyl sites for hydroxylation is 2. The van der Waals surface area contributed by atoms with Crippen molar-refractivity contribution < 1.29 is 18.0 Å². The van der Waals surface area contributed by atoms with Crippen molar-refractivity contribution >= 4 is 39.1 Å². The zero-order valence-corrected chi connectivity index (χ0v) is 23.0. The topological polar surface area (TPSA) is 86.8 Å². The summed E-state index contributed by atoms with van der Waals surface area (Å²) in [6.07, 6.45) is 6.26. The lowest BCUT2D eigenvalue weighted by Crippen LogP contribution is -2.53. The maximum absolute atomic E-state index is 13.7. The van der Waals surface area contributed by atoms with E-state index < -0.39 is 28.5 Å². The largest absolute Gasteiger partial charge is 0.352 e. The van der Waals surface area contributed by atoms with E-state index in [4.69, 9.17) is 11.6 Å². The van der Waals surface area contributed by atoms with Gasteiger partial charge in [-0.25, -0.2) is 8.42 Å². The first-order chi connectivity index (χ1) is 17.0. The number of sulfonamides is 1. The van der Waals surface area contributed by atoms with Gasteiger partial charge in [0.25, 0.3) is 0 Å². The molecule has 2 aromatic rings. The summed E-state index contributed by atoms with van der Waals surface area (Å²) in [5.74, 6) is -0.679. The Bertz CT molecular complexity index is 1200. The maximum Gasteiger partial charge on any atom is 0.244 e. The number of hydrogen-bond donors (Lipinski definition) is 1. The number of rotatable bonds is 9. The molecule has 3 rings (SSSR count). The monoisotopic (exact) mass is 533 g/mol. The Labute approximate surface area is 219 Å². The minimum absolute atomic E-state index is 0.105. The Kier molecular flexibility index (Phi) is 9.41. The van der Waals surface area contributed by atoms with Gasteiger partial charge in [-0.3, -0.25) is 13.9 Å². The van der Waals surface area contributed by atoms with Crippen LogP contribution in [0.2, 0.25) is 5.02 Å². The van der Waals surface area contributed by atoms with Gasteiger partial charge in [0.05, 0.1) is 11.9 Å². The summed E-state index contributed by atoms with van der Waals surface area (Å²) in [4.78, 5) is 28.4. The second-order valence-corrected chi connectivity index (χ2v) is 12.0. The zero-order chi connectivity index (χ0) is 26.5. The Morgan fingerprint density at radius 1 is 1.06 bits per heavy atom. The normalized spacial score (nSPS) is 15.2. The predicted octanol–water partition coefficient (Wildman–Crippen LogP) is 4.59. The van der Waals surface area contributed by atoms with E-state index in [1.165, 1.54) is 11.3 Å². The van der Waals surface area contributed by atoms with Crippen LogP contribution in [0.5, 0.6) is 0 Å². The van der Waals surface area contributed by atoms with Crippen LogP contribution in [0.3, 0.4) is 0 Å². The fourth-order valence-corrected chi connectivity index (χ4v) is 5.75. The van der Waals surface area contributed by atoms with E-state index in [-0.39, 0.29) is 18.5 Å². The lowest BCUT2D eigenvalue weighted by Gasteiger charge is -2.33. The van der Waals surface area contributed by atoms with Gasteiger partial charge >= 0.3 is 0 Å². The van der Waals surface area contributed by atoms with Gasteiger partial charge in [0.2, 0.25) is 21.8 Å². The van der Waals surface area contributed by atoms with Crippen LogP contribution < -0.4 is 9.62 Å². The van der Waals surface area contributed by atoms with Crippen molar-refractivity contribution in [1.82, 2.24) is 10.2 Å². The summed E-state index contributed by atoms with van der Waals surface area (Å²) < 4.78 is 26.6. The van der Waals surface area contributed by atoms with Crippen LogP contribution in [0.25, 0.3) is 0 Å². The van der Waals surface area contributed by atoms with Gasteiger partial charge in [-0.1, -0.05) is 55.1 Å². The quantitative estimate of drug-likeness (QED) is 0.511. The first-order valence-corrected chi connectivity index (χ1v) is 14.6. The molecule has 1 aliphatic rings. The Hall–Kier alpha value is -2.58. The van der Waals surface area contributed by atoms with Gasteiger partial charge in [-0.2, -0.15) is 0 Å². The highest BCUT2D eigenvalue weighted by Gasteiger charge is 2.31. The molecule has 0 aliphatic heterocycles. The number of carbonyl (C=O) groups is 2. The molecule has 0 unspecified atom stereocenters. The highest BCUT2D eigenvalue weighted by Crippen LogP contribution is 2.26. The average Bonchev–Trinajstić information content (AvgIpc) is 2.82. The number of carbonyl (C=O) groups excluding carboxylic acids is 2. The van der Waals surface area contributed by atoms with Crippen molar-refractivity contribution in [1.29, 1.82) is 0 Å². The summed E-state index contributed by atoms with van der Waals surface area (Å²) in [6, 6.07) is 11.8. The number of benzene rings is 2. The molecule has 0 aromatic heterocycles. The van der Waals surface area contributed by atoms with Crippen LogP contribution in [-0.2, 0) is 26.2 Å². The fourth-order valence-electron chi connectivity index (χ4n) is 4.62. The molecule has 2 aromatic carbocycles. The van der Waals surface area contributed by atoms with Crippen LogP contribution >= 0.6 is 11.6 Å². The lowest BCUT2D eigenvalue weighted by atomic mass is 9.95. The van der Waals surface area contributed by atoms with E-state index >= 15 is 0 Å². The zero-order valence-electron chi connectivity index (χ0n) is 21.5. The van der Waals surface area contributed by atoms with Gasteiger partial charge in [0.15, 0.2) is 0 Å². The maximum atomic E-state index is 13.7. The van der Waals surface area contributed by atoms with E-state index in [0.717, 1.165) is 47.4 Å². The SMILES string of the molecule is Cc1ccccc1CN(C(=O)CN(c1ccc(Cl)cc1C)S(C)(=O)=O)[C@H](C)C(=O)NC1CCCCC1. The lowest BCUT2D eigenvalue weighted by molar-refractivity contribution is -0.139. The summed E-state index contributed by atoms with van der Waals surface area (Å²) in [6.45, 7) is 5.17. The summed E-state index contributed by atoms with van der Waals surface area (Å²) in [5, 5.41) is 3.58. The number of nitrogens with one attached hydrogen (secondary N) is 1. The average molecular weight is 534 g/mol. The number of anilines is 1. The smallest absolute Gasteiger partial charge is 0.244 e. The van der Waals surface area contributed by atoms with Gasteiger partial charge in [0, 0.05) is 17.6 Å². The van der Waals surface area contributed by atoms with Crippen molar-refractivity contribution in [3.8, 4) is 0 Å². The standard InChI is InChI=1S/C27H36ClN3O4S/c1-19-10-8-9-11-22(19)17-30(21(3)27(33)29-24-12-6-5-7-13-24)26(32)18-31(36(4,34)35)25-15-14-23(28)16-20(25)2/h8-11,14-16,21,24H,5-7,12-13,17-18H2,1-4H3,(H,29,33)/t21-/m1/s1. The van der Waals surface area contributed by atoms with E-state index in [1.54, 1.807) is 32.0 Å². The highest BCUT2D eigenvalue weighted by molar-refractivity contribution is 7.92. The predicted molar refractivity (Wildman–Crippen MR) is 145 cm³/mol. The molecule has 1 fully saturated rings. The second-order valence-electron chi connectivity index (χ2n) is 9.67. The fraction of sp³-hybridized carbons (Fsp3) is 0.481. The number of nitrogens with zero attached hydrogens (tertiary/aromatic N) is 2. The highest BCUT2D eigenvalue weighted by atomic mass is 35.5. The molecule has 0 spiro atoms. The minimum Gasteiger partial charge on any atom is -0.352 e. The summed E-state index contributed by atoms with van der Waals surface area (Å²) in [5.41, 5.74) is 2.90. The van der Waals surface area contributed by atoms with Crippen LogP contribution in [0.4, 0.5) is 5.69 Å². The van der Waals surface area contributed by atoms with Gasteiger partial charge in [0.1, 0.15) is 12.6 Å². The Morgan fingerprint density at radius 3 is 2.33 bits per heavy atom. The number of halogens is 1. The molecule has 0 heterocycles. The molecule has 9 heteroatoms. The first-order valence-electron chi connectivity index (χ1n) is 12.4. The molecular formula is C27H36ClN3O4S. The molecule has 36 heavy (non-hydrogen) atoms. The van der Waals surface area contributed by atoms with Gasteiger partial charge in [-0.15, -0.1) is 0 Å². The molecule has 7 nitrogen and oxygen atoms in total. The third-order valence-electron chi connectivity index (χ3n) is 6.83. The van der Waals surface area contributed by atoms with Gasteiger partial charge < -0.3 is 10.2 Å².